The van der Waals surface area contributed by atoms with E-state index in [0.717, 1.165) is 37.6 Å². The Morgan fingerprint density at radius 3 is 2.53 bits per heavy atom. The highest BCUT2D eigenvalue weighted by molar-refractivity contribution is 6.21. The minimum absolute atomic E-state index is 0.0946. The van der Waals surface area contributed by atoms with Crippen molar-refractivity contribution in [1.29, 1.82) is 0 Å². The lowest BCUT2D eigenvalue weighted by Crippen LogP contribution is -2.12. The highest BCUT2D eigenvalue weighted by Gasteiger charge is 2.37. The molecule has 1 aromatic rings. The van der Waals surface area contributed by atoms with Gasteiger partial charge in [0.1, 0.15) is 0 Å². The molecule has 1 atom stereocenters. The molecule has 1 unspecified atom stereocenters. The van der Waals surface area contributed by atoms with Gasteiger partial charge in [-0.2, -0.15) is 0 Å². The second-order valence-electron chi connectivity index (χ2n) is 5.49. The summed E-state index contributed by atoms with van der Waals surface area (Å²) in [6.45, 7) is 5.93. The Hall–Kier alpha value is -0.890. The molecule has 3 heteroatoms. The van der Waals surface area contributed by atoms with E-state index < -0.39 is 0 Å². The van der Waals surface area contributed by atoms with E-state index in [-0.39, 0.29) is 10.8 Å². The van der Waals surface area contributed by atoms with E-state index >= 15 is 0 Å². The number of halogens is 1. The van der Waals surface area contributed by atoms with Crippen LogP contribution in [0.2, 0.25) is 0 Å². The maximum atomic E-state index is 6.41. The summed E-state index contributed by atoms with van der Waals surface area (Å²) in [5.74, 6) is 1.73. The quantitative estimate of drug-likeness (QED) is 0.654. The zero-order valence-corrected chi connectivity index (χ0v) is 11.0. The molecular formula is C14H17ClO2. The minimum atomic E-state index is 0.0946. The Bertz CT molecular complexity index is 454. The van der Waals surface area contributed by atoms with Gasteiger partial charge < -0.3 is 9.47 Å². The first kappa shape index (κ1) is 11.2. The molecule has 0 bridgehead atoms. The number of rotatable bonds is 0. The smallest absolute Gasteiger partial charge is 0.161 e. The summed E-state index contributed by atoms with van der Waals surface area (Å²) in [7, 11) is 0. The van der Waals surface area contributed by atoms with Gasteiger partial charge in [-0.15, -0.1) is 11.6 Å². The van der Waals surface area contributed by atoms with Crippen molar-refractivity contribution in [3.05, 3.63) is 23.3 Å². The van der Waals surface area contributed by atoms with E-state index in [1.54, 1.807) is 0 Å². The summed E-state index contributed by atoms with van der Waals surface area (Å²) in [5, 5.41) is 0.0946. The minimum Gasteiger partial charge on any atom is -0.490 e. The number of hydrogen-bond donors (Lipinski definition) is 0. The summed E-state index contributed by atoms with van der Waals surface area (Å²) >= 11 is 6.41. The van der Waals surface area contributed by atoms with E-state index in [1.807, 2.05) is 0 Å². The molecule has 17 heavy (non-hydrogen) atoms. The molecule has 0 spiro atoms. The first-order chi connectivity index (χ1) is 8.08. The van der Waals surface area contributed by atoms with Crippen molar-refractivity contribution in [1.82, 2.24) is 0 Å². The molecule has 2 aliphatic rings. The van der Waals surface area contributed by atoms with Gasteiger partial charge in [0.15, 0.2) is 11.5 Å². The summed E-state index contributed by atoms with van der Waals surface area (Å²) in [4.78, 5) is 0. The predicted octanol–water partition coefficient (Wildman–Crippen LogP) is 3.81. The third-order valence-electron chi connectivity index (χ3n) is 3.68. The highest BCUT2D eigenvalue weighted by Crippen LogP contribution is 2.51. The van der Waals surface area contributed by atoms with Gasteiger partial charge >= 0.3 is 0 Å². The van der Waals surface area contributed by atoms with Crippen LogP contribution in [0.5, 0.6) is 11.5 Å². The number of benzene rings is 1. The van der Waals surface area contributed by atoms with Crippen molar-refractivity contribution < 1.29 is 9.47 Å². The SMILES string of the molecule is CC1(C)CC(Cl)c2cc3c(cc21)OCCCO3. The van der Waals surface area contributed by atoms with Gasteiger partial charge in [-0.05, 0) is 35.1 Å². The average molecular weight is 253 g/mol. The van der Waals surface area contributed by atoms with Crippen molar-refractivity contribution in [2.24, 2.45) is 0 Å². The summed E-state index contributed by atoms with van der Waals surface area (Å²) in [6.07, 6.45) is 1.92. The van der Waals surface area contributed by atoms with Crippen molar-refractivity contribution >= 4 is 11.6 Å². The van der Waals surface area contributed by atoms with Crippen molar-refractivity contribution in [3.63, 3.8) is 0 Å². The van der Waals surface area contributed by atoms with Gasteiger partial charge in [0.2, 0.25) is 0 Å². The van der Waals surface area contributed by atoms with Gasteiger partial charge in [-0.3, -0.25) is 0 Å². The Kier molecular flexibility index (Phi) is 2.51. The van der Waals surface area contributed by atoms with Crippen molar-refractivity contribution in [2.45, 2.75) is 37.5 Å². The molecular weight excluding hydrogens is 236 g/mol. The molecule has 1 aliphatic carbocycles. The first-order valence-electron chi connectivity index (χ1n) is 6.16. The van der Waals surface area contributed by atoms with E-state index in [2.05, 4.69) is 26.0 Å². The number of fused-ring (bicyclic) bond motifs is 2. The topological polar surface area (TPSA) is 18.5 Å². The molecule has 92 valence electrons. The van der Waals surface area contributed by atoms with Crippen LogP contribution >= 0.6 is 11.6 Å². The Morgan fingerprint density at radius 2 is 1.82 bits per heavy atom. The Balaban J connectivity index is 2.12. The van der Waals surface area contributed by atoms with Gasteiger partial charge in [-0.25, -0.2) is 0 Å². The molecule has 0 saturated carbocycles. The van der Waals surface area contributed by atoms with E-state index in [9.17, 15) is 0 Å². The lowest BCUT2D eigenvalue weighted by molar-refractivity contribution is 0.296. The largest absolute Gasteiger partial charge is 0.490 e. The van der Waals surface area contributed by atoms with E-state index in [4.69, 9.17) is 21.1 Å². The molecule has 0 aromatic heterocycles. The van der Waals surface area contributed by atoms with Crippen molar-refractivity contribution in [3.8, 4) is 11.5 Å². The van der Waals surface area contributed by atoms with Crippen LogP contribution in [0.25, 0.3) is 0 Å². The van der Waals surface area contributed by atoms with E-state index in [1.165, 1.54) is 11.1 Å². The Labute approximate surface area is 107 Å². The molecule has 1 heterocycles. The second kappa shape index (κ2) is 3.81. The Morgan fingerprint density at radius 1 is 1.18 bits per heavy atom. The monoisotopic (exact) mass is 252 g/mol. The van der Waals surface area contributed by atoms with Gasteiger partial charge in [0.05, 0.1) is 18.6 Å². The maximum Gasteiger partial charge on any atom is 0.161 e. The zero-order valence-electron chi connectivity index (χ0n) is 10.3. The van der Waals surface area contributed by atoms with Crippen LogP contribution in [0.15, 0.2) is 12.1 Å². The number of alkyl halides is 1. The molecule has 0 fully saturated rings. The molecule has 0 saturated heterocycles. The lowest BCUT2D eigenvalue weighted by atomic mass is 9.86. The molecule has 1 aliphatic heterocycles. The molecule has 2 nitrogen and oxygen atoms in total. The van der Waals surface area contributed by atoms with Gasteiger partial charge in [0, 0.05) is 6.42 Å². The summed E-state index contributed by atoms with van der Waals surface area (Å²) < 4.78 is 11.4. The molecule has 3 rings (SSSR count). The average Bonchev–Trinajstić information content (AvgIpc) is 2.46. The normalized spacial score (nSPS) is 25.2. The molecule has 0 radical (unpaired) electrons. The van der Waals surface area contributed by atoms with Crippen LogP contribution < -0.4 is 9.47 Å². The van der Waals surface area contributed by atoms with Crippen LogP contribution in [0.4, 0.5) is 0 Å². The van der Waals surface area contributed by atoms with Crippen LogP contribution in [-0.4, -0.2) is 13.2 Å². The number of ether oxygens (including phenoxy) is 2. The highest BCUT2D eigenvalue weighted by atomic mass is 35.5. The van der Waals surface area contributed by atoms with Gasteiger partial charge in [-0.1, -0.05) is 13.8 Å². The molecule has 0 N–H and O–H groups in total. The lowest BCUT2D eigenvalue weighted by Gasteiger charge is -2.20. The first-order valence-corrected chi connectivity index (χ1v) is 6.60. The predicted molar refractivity (Wildman–Crippen MR) is 68.3 cm³/mol. The maximum absolute atomic E-state index is 6.41. The fourth-order valence-electron chi connectivity index (χ4n) is 2.74. The standard InChI is InChI=1S/C14H17ClO2/c1-14(2)8-11(15)9-6-12-13(7-10(9)14)17-5-3-4-16-12/h6-7,11H,3-5,8H2,1-2H3. The summed E-state index contributed by atoms with van der Waals surface area (Å²) in [6, 6.07) is 4.20. The summed E-state index contributed by atoms with van der Waals surface area (Å²) in [5.41, 5.74) is 2.65. The third kappa shape index (κ3) is 1.79. The van der Waals surface area contributed by atoms with Crippen LogP contribution in [0.1, 0.15) is 43.2 Å². The van der Waals surface area contributed by atoms with Crippen LogP contribution in [-0.2, 0) is 5.41 Å². The third-order valence-corrected chi connectivity index (χ3v) is 4.07. The second-order valence-corrected chi connectivity index (χ2v) is 6.02. The van der Waals surface area contributed by atoms with E-state index in [0.29, 0.717) is 0 Å². The zero-order chi connectivity index (χ0) is 12.0. The van der Waals surface area contributed by atoms with Crippen molar-refractivity contribution in [2.75, 3.05) is 13.2 Å². The molecule has 1 aromatic carbocycles. The number of hydrogen-bond acceptors (Lipinski definition) is 2. The molecule has 0 amide bonds. The van der Waals surface area contributed by atoms with Crippen LogP contribution in [0, 0.1) is 0 Å². The fourth-order valence-corrected chi connectivity index (χ4v) is 3.30. The van der Waals surface area contributed by atoms with Crippen LogP contribution in [0.3, 0.4) is 0 Å². The van der Waals surface area contributed by atoms with Gasteiger partial charge in [0.25, 0.3) is 0 Å². The fraction of sp³-hybridized carbons (Fsp3) is 0.571.